The van der Waals surface area contributed by atoms with E-state index in [4.69, 9.17) is 0 Å². The second-order valence-electron chi connectivity index (χ2n) is 4.66. The molecule has 1 aromatic carbocycles. The number of hydrogen-bond acceptors (Lipinski definition) is 5. The highest BCUT2D eigenvalue weighted by Crippen LogP contribution is 2.27. The summed E-state index contributed by atoms with van der Waals surface area (Å²) >= 11 is 0. The molecule has 0 saturated carbocycles. The van der Waals surface area contributed by atoms with Crippen molar-refractivity contribution in [2.45, 2.75) is 13.0 Å². The Morgan fingerprint density at radius 1 is 1.43 bits per heavy atom. The molecule has 0 radical (unpaired) electrons. The molecular weight excluding hydrogens is 276 g/mol. The van der Waals surface area contributed by atoms with Crippen molar-refractivity contribution in [2.75, 3.05) is 6.54 Å². The third-order valence-electron chi connectivity index (χ3n) is 3.44. The molecule has 0 fully saturated rings. The van der Waals surface area contributed by atoms with Gasteiger partial charge in [-0.1, -0.05) is 12.1 Å². The molecule has 108 valence electrons. The SMILES string of the molecule is O=C(O)c1nn(-c2ccccc2[N+](=O)[O-])c2c1CNCC2. The normalized spacial score (nSPS) is 13.7. The van der Waals surface area contributed by atoms with Crippen LogP contribution in [0, 0.1) is 10.1 Å². The quantitative estimate of drug-likeness (QED) is 0.647. The number of benzene rings is 1. The molecule has 0 atom stereocenters. The summed E-state index contributed by atoms with van der Waals surface area (Å²) in [5.74, 6) is -1.13. The molecule has 0 bridgehead atoms. The Morgan fingerprint density at radius 2 is 2.19 bits per heavy atom. The predicted molar refractivity (Wildman–Crippen MR) is 72.6 cm³/mol. The highest BCUT2D eigenvalue weighted by atomic mass is 16.6. The van der Waals surface area contributed by atoms with E-state index in [0.29, 0.717) is 30.8 Å². The molecule has 1 aliphatic heterocycles. The van der Waals surface area contributed by atoms with Crippen molar-refractivity contribution >= 4 is 11.7 Å². The van der Waals surface area contributed by atoms with Crippen molar-refractivity contribution in [1.82, 2.24) is 15.1 Å². The van der Waals surface area contributed by atoms with Crippen LogP contribution in [0.2, 0.25) is 0 Å². The van der Waals surface area contributed by atoms with Crippen molar-refractivity contribution in [1.29, 1.82) is 0 Å². The van der Waals surface area contributed by atoms with Gasteiger partial charge in [-0.15, -0.1) is 0 Å². The number of aromatic carboxylic acids is 1. The lowest BCUT2D eigenvalue weighted by Gasteiger charge is -2.15. The number of nitrogens with zero attached hydrogens (tertiary/aromatic N) is 3. The van der Waals surface area contributed by atoms with Gasteiger partial charge >= 0.3 is 5.97 Å². The number of nitro groups is 1. The minimum atomic E-state index is -1.13. The van der Waals surface area contributed by atoms with Crippen LogP contribution < -0.4 is 5.32 Å². The van der Waals surface area contributed by atoms with E-state index in [2.05, 4.69) is 10.4 Å². The fourth-order valence-electron chi connectivity index (χ4n) is 2.52. The van der Waals surface area contributed by atoms with Gasteiger partial charge in [0.2, 0.25) is 0 Å². The monoisotopic (exact) mass is 288 g/mol. The van der Waals surface area contributed by atoms with Gasteiger partial charge in [0.25, 0.3) is 5.69 Å². The number of aromatic nitrogens is 2. The van der Waals surface area contributed by atoms with Gasteiger partial charge in [0, 0.05) is 31.1 Å². The lowest BCUT2D eigenvalue weighted by Crippen LogP contribution is -2.25. The van der Waals surface area contributed by atoms with E-state index in [0.717, 1.165) is 0 Å². The average Bonchev–Trinajstić information content (AvgIpc) is 2.87. The number of carboxylic acid groups (broad SMARTS) is 1. The average molecular weight is 288 g/mol. The van der Waals surface area contributed by atoms with Gasteiger partial charge in [-0.3, -0.25) is 10.1 Å². The van der Waals surface area contributed by atoms with Crippen LogP contribution in [0.15, 0.2) is 24.3 Å². The summed E-state index contributed by atoms with van der Waals surface area (Å²) in [5.41, 5.74) is 1.43. The van der Waals surface area contributed by atoms with Crippen LogP contribution in [0.1, 0.15) is 21.7 Å². The van der Waals surface area contributed by atoms with Crippen molar-refractivity contribution in [3.63, 3.8) is 0 Å². The first-order valence-corrected chi connectivity index (χ1v) is 6.38. The molecule has 1 aromatic heterocycles. The summed E-state index contributed by atoms with van der Waals surface area (Å²) in [7, 11) is 0. The first-order valence-electron chi connectivity index (χ1n) is 6.38. The van der Waals surface area contributed by atoms with E-state index in [-0.39, 0.29) is 17.1 Å². The molecule has 8 nitrogen and oxygen atoms in total. The van der Waals surface area contributed by atoms with Gasteiger partial charge in [0.1, 0.15) is 5.69 Å². The summed E-state index contributed by atoms with van der Waals surface area (Å²) in [6.45, 7) is 1.08. The van der Waals surface area contributed by atoms with Gasteiger partial charge in [-0.2, -0.15) is 5.10 Å². The molecule has 0 amide bonds. The smallest absolute Gasteiger partial charge is 0.356 e. The maximum absolute atomic E-state index is 11.3. The molecule has 2 heterocycles. The molecule has 2 aromatic rings. The van der Waals surface area contributed by atoms with Crippen LogP contribution >= 0.6 is 0 Å². The van der Waals surface area contributed by atoms with Crippen LogP contribution in [0.4, 0.5) is 5.69 Å². The third-order valence-corrected chi connectivity index (χ3v) is 3.44. The van der Waals surface area contributed by atoms with Crippen molar-refractivity contribution in [3.8, 4) is 5.69 Å². The Hall–Kier alpha value is -2.74. The molecule has 0 saturated heterocycles. The van der Waals surface area contributed by atoms with E-state index in [1.54, 1.807) is 18.2 Å². The largest absolute Gasteiger partial charge is 0.476 e. The summed E-state index contributed by atoms with van der Waals surface area (Å²) in [4.78, 5) is 21.9. The summed E-state index contributed by atoms with van der Waals surface area (Å²) in [5, 5.41) is 27.5. The van der Waals surface area contributed by atoms with Crippen molar-refractivity contribution < 1.29 is 14.8 Å². The number of nitro benzene ring substituents is 1. The Bertz CT molecular complexity index is 738. The standard InChI is InChI=1S/C13H12N4O4/c18-13(19)12-8-7-14-6-5-9(8)16(15-12)10-3-1-2-4-11(10)17(20)21/h1-4,14H,5-7H2,(H,18,19). The fourth-order valence-corrected chi connectivity index (χ4v) is 2.52. The Labute approximate surface area is 119 Å². The summed E-state index contributed by atoms with van der Waals surface area (Å²) in [6.07, 6.45) is 0.571. The molecule has 1 aliphatic rings. The molecule has 0 unspecified atom stereocenters. The van der Waals surface area contributed by atoms with E-state index < -0.39 is 10.9 Å². The molecule has 21 heavy (non-hydrogen) atoms. The molecule has 0 aliphatic carbocycles. The van der Waals surface area contributed by atoms with Gasteiger partial charge in [0.15, 0.2) is 5.69 Å². The van der Waals surface area contributed by atoms with Gasteiger partial charge < -0.3 is 10.4 Å². The number of carboxylic acids is 1. The lowest BCUT2D eigenvalue weighted by atomic mass is 10.1. The van der Waals surface area contributed by atoms with Gasteiger partial charge in [-0.25, -0.2) is 9.48 Å². The van der Waals surface area contributed by atoms with E-state index in [9.17, 15) is 20.0 Å². The molecule has 3 rings (SSSR count). The fraction of sp³-hybridized carbons (Fsp3) is 0.231. The Kier molecular flexibility index (Phi) is 3.15. The molecule has 8 heteroatoms. The van der Waals surface area contributed by atoms with Crippen LogP contribution in [0.3, 0.4) is 0 Å². The zero-order valence-electron chi connectivity index (χ0n) is 10.9. The number of rotatable bonds is 3. The number of para-hydroxylation sites is 2. The Morgan fingerprint density at radius 3 is 2.90 bits per heavy atom. The number of nitrogens with one attached hydrogen (secondary N) is 1. The van der Waals surface area contributed by atoms with E-state index in [1.807, 2.05) is 0 Å². The minimum absolute atomic E-state index is 0.0599. The summed E-state index contributed by atoms with van der Waals surface area (Å²) < 4.78 is 1.39. The summed E-state index contributed by atoms with van der Waals surface area (Å²) in [6, 6.07) is 6.18. The van der Waals surface area contributed by atoms with Crippen molar-refractivity contribution in [3.05, 3.63) is 51.3 Å². The maximum Gasteiger partial charge on any atom is 0.356 e. The van der Waals surface area contributed by atoms with Gasteiger partial charge in [-0.05, 0) is 6.07 Å². The second kappa shape index (κ2) is 4.98. The van der Waals surface area contributed by atoms with Crippen LogP contribution in [0.25, 0.3) is 5.69 Å². The first kappa shape index (κ1) is 13.3. The maximum atomic E-state index is 11.3. The van der Waals surface area contributed by atoms with E-state index in [1.165, 1.54) is 10.7 Å². The lowest BCUT2D eigenvalue weighted by molar-refractivity contribution is -0.384. The van der Waals surface area contributed by atoms with E-state index >= 15 is 0 Å². The molecule has 0 spiro atoms. The number of hydrogen-bond donors (Lipinski definition) is 2. The number of fused-ring (bicyclic) bond motifs is 1. The van der Waals surface area contributed by atoms with Crippen LogP contribution in [-0.4, -0.2) is 32.3 Å². The van der Waals surface area contributed by atoms with Crippen LogP contribution in [-0.2, 0) is 13.0 Å². The third kappa shape index (κ3) is 2.15. The van der Waals surface area contributed by atoms with Gasteiger partial charge in [0.05, 0.1) is 10.6 Å². The highest BCUT2D eigenvalue weighted by Gasteiger charge is 2.27. The molecule has 2 N–H and O–H groups in total. The van der Waals surface area contributed by atoms with Crippen molar-refractivity contribution in [2.24, 2.45) is 0 Å². The molecular formula is C13H12N4O4. The number of carbonyl (C=O) groups is 1. The Balaban J connectivity index is 2.24. The van der Waals surface area contributed by atoms with Crippen LogP contribution in [0.5, 0.6) is 0 Å². The zero-order chi connectivity index (χ0) is 15.0. The first-order chi connectivity index (χ1) is 10.1. The highest BCUT2D eigenvalue weighted by molar-refractivity contribution is 5.87. The second-order valence-corrected chi connectivity index (χ2v) is 4.66. The minimum Gasteiger partial charge on any atom is -0.476 e. The predicted octanol–water partition coefficient (Wildman–Crippen LogP) is 1.12. The zero-order valence-corrected chi connectivity index (χ0v) is 10.9. The topological polar surface area (TPSA) is 110 Å².